The van der Waals surface area contributed by atoms with Crippen molar-refractivity contribution in [2.24, 2.45) is 0 Å². The fourth-order valence-electron chi connectivity index (χ4n) is 1.53. The van der Waals surface area contributed by atoms with Crippen LogP contribution in [0.25, 0.3) is 0 Å². The number of anilines is 1. The van der Waals surface area contributed by atoms with Gasteiger partial charge in [0.25, 0.3) is 0 Å². The molecule has 3 nitrogen and oxygen atoms in total. The van der Waals surface area contributed by atoms with Crippen molar-refractivity contribution in [2.75, 3.05) is 18.5 Å². The Bertz CT molecular complexity index is 355. The van der Waals surface area contributed by atoms with Gasteiger partial charge in [-0.15, -0.1) is 0 Å². The average molecular weight is 204 g/mol. The standard InChI is InChI=1S/C12H16N2O/c1-10(15)11-6-3-4-7-12(11)14(2)9-5-8-13/h3-4,6-7,10,15H,5,9H2,1-2H3/t10-/m1/s1. The lowest BCUT2D eigenvalue weighted by atomic mass is 10.1. The second-order valence-electron chi connectivity index (χ2n) is 3.56. The van der Waals surface area contributed by atoms with Crippen molar-refractivity contribution in [3.63, 3.8) is 0 Å². The van der Waals surface area contributed by atoms with Gasteiger partial charge in [-0.1, -0.05) is 18.2 Å². The van der Waals surface area contributed by atoms with Crippen LogP contribution < -0.4 is 4.90 Å². The lowest BCUT2D eigenvalue weighted by Gasteiger charge is -2.22. The molecule has 0 aliphatic carbocycles. The van der Waals surface area contributed by atoms with Crippen LogP contribution in [0.2, 0.25) is 0 Å². The maximum absolute atomic E-state index is 9.59. The Morgan fingerprint density at radius 3 is 2.73 bits per heavy atom. The molecule has 0 bridgehead atoms. The Morgan fingerprint density at radius 1 is 1.47 bits per heavy atom. The molecule has 0 unspecified atom stereocenters. The molecule has 1 N–H and O–H groups in total. The maximum atomic E-state index is 9.59. The van der Waals surface area contributed by atoms with Crippen LogP contribution in [-0.2, 0) is 0 Å². The van der Waals surface area contributed by atoms with E-state index in [1.807, 2.05) is 36.2 Å². The van der Waals surface area contributed by atoms with E-state index in [1.165, 1.54) is 0 Å². The fraction of sp³-hybridized carbons (Fsp3) is 0.417. The van der Waals surface area contributed by atoms with E-state index in [1.54, 1.807) is 6.92 Å². The van der Waals surface area contributed by atoms with E-state index in [4.69, 9.17) is 5.26 Å². The van der Waals surface area contributed by atoms with E-state index >= 15 is 0 Å². The van der Waals surface area contributed by atoms with Gasteiger partial charge in [0, 0.05) is 24.8 Å². The number of hydrogen-bond donors (Lipinski definition) is 1. The molecule has 1 aromatic carbocycles. The maximum Gasteiger partial charge on any atom is 0.0781 e. The van der Waals surface area contributed by atoms with Gasteiger partial charge >= 0.3 is 0 Å². The zero-order valence-electron chi connectivity index (χ0n) is 9.14. The van der Waals surface area contributed by atoms with Crippen molar-refractivity contribution in [3.05, 3.63) is 29.8 Å². The van der Waals surface area contributed by atoms with E-state index in [9.17, 15) is 5.11 Å². The highest BCUT2D eigenvalue weighted by Crippen LogP contribution is 2.25. The Hall–Kier alpha value is -1.53. The van der Waals surface area contributed by atoms with Crippen molar-refractivity contribution >= 4 is 5.69 Å². The first-order valence-corrected chi connectivity index (χ1v) is 5.02. The third kappa shape index (κ3) is 2.97. The van der Waals surface area contributed by atoms with Gasteiger partial charge in [0.1, 0.15) is 0 Å². The summed E-state index contributed by atoms with van der Waals surface area (Å²) in [7, 11) is 1.93. The van der Waals surface area contributed by atoms with E-state index in [-0.39, 0.29) is 0 Å². The highest BCUT2D eigenvalue weighted by atomic mass is 16.3. The van der Waals surface area contributed by atoms with Crippen LogP contribution >= 0.6 is 0 Å². The molecule has 1 rings (SSSR count). The summed E-state index contributed by atoms with van der Waals surface area (Å²) in [4.78, 5) is 1.99. The van der Waals surface area contributed by atoms with Crippen molar-refractivity contribution in [1.82, 2.24) is 0 Å². The molecular formula is C12H16N2O. The average Bonchev–Trinajstić information content (AvgIpc) is 2.25. The smallest absolute Gasteiger partial charge is 0.0781 e. The molecule has 0 aliphatic rings. The van der Waals surface area contributed by atoms with Crippen LogP contribution in [0.3, 0.4) is 0 Å². The molecule has 15 heavy (non-hydrogen) atoms. The number of nitrogens with zero attached hydrogens (tertiary/aromatic N) is 2. The summed E-state index contributed by atoms with van der Waals surface area (Å²) in [6, 6.07) is 9.82. The second-order valence-corrected chi connectivity index (χ2v) is 3.56. The lowest BCUT2D eigenvalue weighted by molar-refractivity contribution is 0.199. The molecule has 0 amide bonds. The molecule has 0 spiro atoms. The third-order valence-electron chi connectivity index (χ3n) is 2.36. The summed E-state index contributed by atoms with van der Waals surface area (Å²) in [6.07, 6.45) is 0.00992. The molecule has 3 heteroatoms. The lowest BCUT2D eigenvalue weighted by Crippen LogP contribution is -2.20. The molecule has 0 aliphatic heterocycles. The van der Waals surface area contributed by atoms with Gasteiger partial charge in [-0.3, -0.25) is 0 Å². The number of rotatable bonds is 4. The molecule has 0 fully saturated rings. The van der Waals surface area contributed by atoms with Gasteiger partial charge in [-0.2, -0.15) is 5.26 Å². The van der Waals surface area contributed by atoms with Crippen LogP contribution in [-0.4, -0.2) is 18.7 Å². The molecule has 0 aromatic heterocycles. The Kier molecular flexibility index (Phi) is 4.14. The van der Waals surface area contributed by atoms with Crippen molar-refractivity contribution < 1.29 is 5.11 Å². The first-order chi connectivity index (χ1) is 7.16. The van der Waals surface area contributed by atoms with E-state index < -0.39 is 6.10 Å². The van der Waals surface area contributed by atoms with Crippen LogP contribution in [0.4, 0.5) is 5.69 Å². The first kappa shape index (κ1) is 11.5. The summed E-state index contributed by atoms with van der Waals surface area (Å²) in [5.41, 5.74) is 1.89. The van der Waals surface area contributed by atoms with Gasteiger partial charge in [0.15, 0.2) is 0 Å². The van der Waals surface area contributed by atoms with E-state index in [2.05, 4.69) is 6.07 Å². The minimum absolute atomic E-state index is 0.481. The minimum atomic E-state index is -0.481. The molecule has 0 saturated heterocycles. The quantitative estimate of drug-likeness (QED) is 0.817. The van der Waals surface area contributed by atoms with Gasteiger partial charge < -0.3 is 10.0 Å². The predicted octanol–water partition coefficient (Wildman–Crippen LogP) is 2.09. The van der Waals surface area contributed by atoms with Crippen LogP contribution in [0, 0.1) is 11.3 Å². The van der Waals surface area contributed by atoms with Crippen molar-refractivity contribution in [3.8, 4) is 6.07 Å². The highest BCUT2D eigenvalue weighted by molar-refractivity contribution is 5.53. The van der Waals surface area contributed by atoms with Crippen LogP contribution in [0.15, 0.2) is 24.3 Å². The largest absolute Gasteiger partial charge is 0.389 e. The number of para-hydroxylation sites is 1. The Labute approximate surface area is 90.6 Å². The number of aliphatic hydroxyl groups is 1. The predicted molar refractivity (Wildman–Crippen MR) is 60.6 cm³/mol. The van der Waals surface area contributed by atoms with E-state index in [0.717, 1.165) is 11.3 Å². The molecule has 1 aromatic rings. The van der Waals surface area contributed by atoms with Crippen LogP contribution in [0.5, 0.6) is 0 Å². The number of benzene rings is 1. The molecule has 0 saturated carbocycles. The van der Waals surface area contributed by atoms with Gasteiger partial charge in [-0.25, -0.2) is 0 Å². The minimum Gasteiger partial charge on any atom is -0.389 e. The summed E-state index contributed by atoms with van der Waals surface area (Å²) in [6.45, 7) is 2.43. The summed E-state index contributed by atoms with van der Waals surface area (Å²) < 4.78 is 0. The van der Waals surface area contributed by atoms with Gasteiger partial charge in [0.2, 0.25) is 0 Å². The highest BCUT2D eigenvalue weighted by Gasteiger charge is 2.09. The molecule has 1 atom stereocenters. The fourth-order valence-corrected chi connectivity index (χ4v) is 1.53. The Balaban J connectivity index is 2.88. The normalized spacial score (nSPS) is 11.9. The second kappa shape index (κ2) is 5.38. The molecular weight excluding hydrogens is 188 g/mol. The molecule has 80 valence electrons. The molecule has 0 radical (unpaired) electrons. The number of aliphatic hydroxyl groups excluding tert-OH is 1. The summed E-state index contributed by atoms with van der Waals surface area (Å²) in [5, 5.41) is 18.1. The zero-order valence-corrected chi connectivity index (χ0v) is 9.14. The first-order valence-electron chi connectivity index (χ1n) is 5.02. The monoisotopic (exact) mass is 204 g/mol. The summed E-state index contributed by atoms with van der Waals surface area (Å²) in [5.74, 6) is 0. The number of nitriles is 1. The van der Waals surface area contributed by atoms with Crippen LogP contribution in [0.1, 0.15) is 25.0 Å². The van der Waals surface area contributed by atoms with Crippen molar-refractivity contribution in [2.45, 2.75) is 19.4 Å². The SMILES string of the molecule is C[C@@H](O)c1ccccc1N(C)CCC#N. The number of hydrogen-bond acceptors (Lipinski definition) is 3. The van der Waals surface area contributed by atoms with E-state index in [0.29, 0.717) is 13.0 Å². The van der Waals surface area contributed by atoms with Gasteiger partial charge in [-0.05, 0) is 13.0 Å². The van der Waals surface area contributed by atoms with Gasteiger partial charge in [0.05, 0.1) is 18.6 Å². The zero-order chi connectivity index (χ0) is 11.3. The Morgan fingerprint density at radius 2 is 2.13 bits per heavy atom. The summed E-state index contributed by atoms with van der Waals surface area (Å²) >= 11 is 0. The van der Waals surface area contributed by atoms with Crippen molar-refractivity contribution in [1.29, 1.82) is 5.26 Å². The topological polar surface area (TPSA) is 47.3 Å². The molecule has 0 heterocycles. The third-order valence-corrected chi connectivity index (χ3v) is 2.36.